The van der Waals surface area contributed by atoms with E-state index >= 15 is 0 Å². The fourth-order valence-corrected chi connectivity index (χ4v) is 3.41. The normalized spacial score (nSPS) is 22.2. The molecule has 0 atom stereocenters. The lowest BCUT2D eigenvalue weighted by Gasteiger charge is -2.31. The standard InChI is InChI=1S/C12H20N4O3S/c1-15-4-6-16(7-5-15)20(17,18)13-9-11-8-12(19-14-11)10-2-3-10/h8,10,13H,2-7,9H2,1H3. The van der Waals surface area contributed by atoms with E-state index in [0.717, 1.165) is 31.7 Å². The molecule has 1 aliphatic carbocycles. The molecular formula is C12H20N4O3S. The van der Waals surface area contributed by atoms with E-state index in [1.54, 1.807) is 0 Å². The van der Waals surface area contributed by atoms with E-state index in [-0.39, 0.29) is 6.54 Å². The van der Waals surface area contributed by atoms with Crippen molar-refractivity contribution in [2.24, 2.45) is 0 Å². The van der Waals surface area contributed by atoms with Gasteiger partial charge in [0.15, 0.2) is 0 Å². The van der Waals surface area contributed by atoms with Crippen LogP contribution in [0.1, 0.15) is 30.2 Å². The maximum absolute atomic E-state index is 12.2. The SMILES string of the molecule is CN1CCN(S(=O)(=O)NCc2cc(C3CC3)on2)CC1. The molecule has 1 saturated heterocycles. The molecule has 1 aliphatic heterocycles. The molecule has 3 rings (SSSR count). The van der Waals surface area contributed by atoms with Crippen molar-refractivity contribution in [3.63, 3.8) is 0 Å². The Morgan fingerprint density at radius 2 is 2.05 bits per heavy atom. The molecule has 1 aromatic rings. The van der Waals surface area contributed by atoms with Crippen molar-refractivity contribution in [3.05, 3.63) is 17.5 Å². The molecule has 0 amide bonds. The Kier molecular flexibility index (Phi) is 3.80. The fourth-order valence-electron chi connectivity index (χ4n) is 2.26. The maximum atomic E-state index is 12.2. The summed E-state index contributed by atoms with van der Waals surface area (Å²) >= 11 is 0. The summed E-state index contributed by atoms with van der Waals surface area (Å²) in [5, 5.41) is 3.91. The van der Waals surface area contributed by atoms with Crippen LogP contribution >= 0.6 is 0 Å². The second-order valence-corrected chi connectivity index (χ2v) is 7.28. The highest BCUT2D eigenvalue weighted by Crippen LogP contribution is 2.40. The van der Waals surface area contributed by atoms with Crippen molar-refractivity contribution in [3.8, 4) is 0 Å². The van der Waals surface area contributed by atoms with Gasteiger partial charge in [0.25, 0.3) is 10.2 Å². The predicted molar refractivity (Wildman–Crippen MR) is 73.3 cm³/mol. The van der Waals surface area contributed by atoms with Gasteiger partial charge in [-0.3, -0.25) is 0 Å². The van der Waals surface area contributed by atoms with Gasteiger partial charge in [0.05, 0.1) is 12.2 Å². The van der Waals surface area contributed by atoms with Crippen molar-refractivity contribution >= 4 is 10.2 Å². The van der Waals surface area contributed by atoms with Crippen molar-refractivity contribution in [2.45, 2.75) is 25.3 Å². The molecule has 0 radical (unpaired) electrons. The molecule has 0 bridgehead atoms. The number of piperazine rings is 1. The van der Waals surface area contributed by atoms with Crippen LogP contribution < -0.4 is 4.72 Å². The van der Waals surface area contributed by atoms with Gasteiger partial charge in [0.2, 0.25) is 0 Å². The van der Waals surface area contributed by atoms with Gasteiger partial charge in [-0.25, -0.2) is 0 Å². The van der Waals surface area contributed by atoms with Crippen LogP contribution in [0.15, 0.2) is 10.6 Å². The zero-order valence-electron chi connectivity index (χ0n) is 11.6. The van der Waals surface area contributed by atoms with Crippen molar-refractivity contribution in [1.82, 2.24) is 19.1 Å². The molecule has 2 fully saturated rings. The third-order valence-electron chi connectivity index (χ3n) is 3.79. The predicted octanol–water partition coefficient (Wildman–Crippen LogP) is 0.134. The van der Waals surface area contributed by atoms with E-state index in [0.29, 0.717) is 24.7 Å². The lowest BCUT2D eigenvalue weighted by molar-refractivity contribution is 0.220. The second-order valence-electron chi connectivity index (χ2n) is 5.52. The lowest BCUT2D eigenvalue weighted by Crippen LogP contribution is -2.50. The molecule has 20 heavy (non-hydrogen) atoms. The van der Waals surface area contributed by atoms with Crippen LogP contribution in [0.25, 0.3) is 0 Å². The van der Waals surface area contributed by atoms with Crippen molar-refractivity contribution in [2.75, 3.05) is 33.2 Å². The van der Waals surface area contributed by atoms with Crippen LogP contribution in [-0.2, 0) is 16.8 Å². The first-order valence-electron chi connectivity index (χ1n) is 6.93. The molecule has 7 nitrogen and oxygen atoms in total. The highest BCUT2D eigenvalue weighted by atomic mass is 32.2. The van der Waals surface area contributed by atoms with Gasteiger partial charge in [-0.1, -0.05) is 5.16 Å². The summed E-state index contributed by atoms with van der Waals surface area (Å²) < 4.78 is 33.6. The summed E-state index contributed by atoms with van der Waals surface area (Å²) in [5.74, 6) is 1.37. The van der Waals surface area contributed by atoms with E-state index < -0.39 is 10.2 Å². The largest absolute Gasteiger partial charge is 0.361 e. The van der Waals surface area contributed by atoms with Crippen LogP contribution in [-0.4, -0.2) is 56.0 Å². The van der Waals surface area contributed by atoms with Crippen molar-refractivity contribution < 1.29 is 12.9 Å². The number of nitrogens with one attached hydrogen (secondary N) is 1. The minimum atomic E-state index is -3.43. The Morgan fingerprint density at radius 3 is 2.70 bits per heavy atom. The average molecular weight is 300 g/mol. The van der Waals surface area contributed by atoms with Gasteiger partial charge >= 0.3 is 0 Å². The molecule has 0 unspecified atom stereocenters. The van der Waals surface area contributed by atoms with Gasteiger partial charge in [-0.2, -0.15) is 17.4 Å². The van der Waals surface area contributed by atoms with Crippen LogP contribution in [0.4, 0.5) is 0 Å². The van der Waals surface area contributed by atoms with E-state index in [2.05, 4.69) is 14.8 Å². The summed E-state index contributed by atoms with van der Waals surface area (Å²) in [5.41, 5.74) is 0.643. The maximum Gasteiger partial charge on any atom is 0.279 e. The summed E-state index contributed by atoms with van der Waals surface area (Å²) in [6, 6.07) is 1.85. The Labute approximate surface area is 119 Å². The molecule has 1 aromatic heterocycles. The fraction of sp³-hybridized carbons (Fsp3) is 0.750. The Morgan fingerprint density at radius 1 is 1.35 bits per heavy atom. The summed E-state index contributed by atoms with van der Waals surface area (Å²) in [6.45, 7) is 2.76. The highest BCUT2D eigenvalue weighted by Gasteiger charge is 2.29. The number of hydrogen-bond donors (Lipinski definition) is 1. The third kappa shape index (κ3) is 3.20. The van der Waals surface area contributed by atoms with E-state index in [4.69, 9.17) is 4.52 Å². The first kappa shape index (κ1) is 14.0. The molecule has 0 spiro atoms. The minimum absolute atomic E-state index is 0.185. The first-order valence-corrected chi connectivity index (χ1v) is 8.37. The van der Waals surface area contributed by atoms with E-state index in [9.17, 15) is 8.42 Å². The van der Waals surface area contributed by atoms with Crippen LogP contribution in [0.2, 0.25) is 0 Å². The molecule has 0 aromatic carbocycles. The van der Waals surface area contributed by atoms with Crippen molar-refractivity contribution in [1.29, 1.82) is 0 Å². The van der Waals surface area contributed by atoms with Gasteiger partial charge in [0, 0.05) is 38.2 Å². The van der Waals surface area contributed by atoms with Crippen LogP contribution in [0.3, 0.4) is 0 Å². The van der Waals surface area contributed by atoms with Gasteiger partial charge < -0.3 is 9.42 Å². The van der Waals surface area contributed by atoms with Crippen LogP contribution in [0, 0.1) is 0 Å². The van der Waals surface area contributed by atoms with E-state index in [1.165, 1.54) is 4.31 Å². The molecule has 8 heteroatoms. The Hall–Kier alpha value is -0.960. The molecule has 2 heterocycles. The molecular weight excluding hydrogens is 280 g/mol. The number of nitrogens with zero attached hydrogens (tertiary/aromatic N) is 3. The number of hydrogen-bond acceptors (Lipinski definition) is 5. The molecule has 2 aliphatic rings. The summed E-state index contributed by atoms with van der Waals surface area (Å²) in [7, 11) is -1.43. The third-order valence-corrected chi connectivity index (χ3v) is 5.35. The second kappa shape index (κ2) is 5.44. The Bertz CT molecular complexity index is 559. The van der Waals surface area contributed by atoms with Gasteiger partial charge in [0.1, 0.15) is 5.76 Å². The molecule has 112 valence electrons. The van der Waals surface area contributed by atoms with Gasteiger partial charge in [-0.15, -0.1) is 0 Å². The minimum Gasteiger partial charge on any atom is -0.361 e. The Balaban J connectivity index is 1.55. The smallest absolute Gasteiger partial charge is 0.279 e. The zero-order chi connectivity index (χ0) is 14.2. The summed E-state index contributed by atoms with van der Waals surface area (Å²) in [6.07, 6.45) is 2.28. The highest BCUT2D eigenvalue weighted by molar-refractivity contribution is 7.87. The zero-order valence-corrected chi connectivity index (χ0v) is 12.4. The lowest BCUT2D eigenvalue weighted by atomic mass is 10.3. The molecule has 1 N–H and O–H groups in total. The monoisotopic (exact) mass is 300 g/mol. The van der Waals surface area contributed by atoms with E-state index in [1.807, 2.05) is 13.1 Å². The first-order chi connectivity index (χ1) is 9.54. The summed E-state index contributed by atoms with van der Waals surface area (Å²) in [4.78, 5) is 2.12. The quantitative estimate of drug-likeness (QED) is 0.836. The number of aromatic nitrogens is 1. The van der Waals surface area contributed by atoms with Crippen LogP contribution in [0.5, 0.6) is 0 Å². The average Bonchev–Trinajstić information content (AvgIpc) is 3.16. The van der Waals surface area contributed by atoms with Gasteiger partial charge in [-0.05, 0) is 19.9 Å². The number of likely N-dealkylation sites (N-methyl/N-ethyl adjacent to an activating group) is 1. The number of rotatable bonds is 5. The molecule has 1 saturated carbocycles. The topological polar surface area (TPSA) is 78.7 Å².